The number of nitrogens with one attached hydrogen (secondary N) is 1. The van der Waals surface area contributed by atoms with Gasteiger partial charge in [0, 0.05) is 13.1 Å². The Balaban J connectivity index is 1.74. The van der Waals surface area contributed by atoms with E-state index in [1.54, 1.807) is 22.4 Å². The van der Waals surface area contributed by atoms with Gasteiger partial charge in [0.25, 0.3) is 0 Å². The lowest BCUT2D eigenvalue weighted by molar-refractivity contribution is 0.158. The summed E-state index contributed by atoms with van der Waals surface area (Å²) in [4.78, 5) is 12.7. The van der Waals surface area contributed by atoms with E-state index in [0.29, 0.717) is 36.9 Å². The number of amides is 1. The first-order valence-corrected chi connectivity index (χ1v) is 7.91. The van der Waals surface area contributed by atoms with Gasteiger partial charge >= 0.3 is 6.09 Å². The van der Waals surface area contributed by atoms with Crippen LogP contribution in [0.3, 0.4) is 0 Å². The summed E-state index contributed by atoms with van der Waals surface area (Å²) in [6, 6.07) is 3.25. The molecule has 18 heavy (non-hydrogen) atoms. The smallest absolute Gasteiger partial charge is 0.409 e. The second-order valence-corrected chi connectivity index (χ2v) is 6.73. The first-order valence-electron chi connectivity index (χ1n) is 5.54. The maximum atomic E-state index is 11.7. The molecule has 2 heterocycles. The Bertz CT molecular complexity index is 498. The highest BCUT2D eigenvalue weighted by Gasteiger charge is 2.21. The molecule has 8 heteroatoms. The molecule has 1 amide bonds. The molecule has 0 bridgehead atoms. The van der Waals surface area contributed by atoms with E-state index in [1.165, 1.54) is 11.3 Å². The van der Waals surface area contributed by atoms with Gasteiger partial charge in [0.05, 0.1) is 6.54 Å². The van der Waals surface area contributed by atoms with Gasteiger partial charge in [0.2, 0.25) is 10.0 Å². The van der Waals surface area contributed by atoms with Crippen molar-refractivity contribution >= 4 is 27.5 Å². The minimum atomic E-state index is -3.39. The van der Waals surface area contributed by atoms with Crippen molar-refractivity contribution in [3.63, 3.8) is 0 Å². The fraction of sp³-hybridized carbons (Fsp3) is 0.500. The standard InChI is InChI=1S/C10H14N2O4S2/c13-10-12(6-7-16-10)5-2-4-11-18(14,15)9-3-1-8-17-9/h1,3,8,11H,2,4-7H2. The van der Waals surface area contributed by atoms with Crippen LogP contribution in [-0.2, 0) is 14.8 Å². The summed E-state index contributed by atoms with van der Waals surface area (Å²) in [5.74, 6) is 0. The van der Waals surface area contributed by atoms with Crippen LogP contribution in [-0.4, -0.2) is 45.7 Å². The summed E-state index contributed by atoms with van der Waals surface area (Å²) < 4.78 is 31.1. The Hall–Kier alpha value is -1.12. The molecule has 0 spiro atoms. The van der Waals surface area contributed by atoms with Crippen LogP contribution in [0.15, 0.2) is 21.7 Å². The third-order valence-electron chi connectivity index (χ3n) is 2.50. The Morgan fingerprint density at radius 2 is 2.33 bits per heavy atom. The molecular formula is C10H14N2O4S2. The van der Waals surface area contributed by atoms with E-state index in [9.17, 15) is 13.2 Å². The van der Waals surface area contributed by atoms with Crippen molar-refractivity contribution < 1.29 is 17.9 Å². The average Bonchev–Trinajstić information content (AvgIpc) is 2.96. The zero-order chi connectivity index (χ0) is 13.0. The minimum absolute atomic E-state index is 0.308. The summed E-state index contributed by atoms with van der Waals surface area (Å²) in [6.07, 6.45) is 0.246. The monoisotopic (exact) mass is 290 g/mol. The van der Waals surface area contributed by atoms with E-state index >= 15 is 0 Å². The highest BCUT2D eigenvalue weighted by atomic mass is 32.2. The average molecular weight is 290 g/mol. The van der Waals surface area contributed by atoms with Crippen LogP contribution in [0.2, 0.25) is 0 Å². The second-order valence-electron chi connectivity index (χ2n) is 3.78. The Morgan fingerprint density at radius 1 is 1.50 bits per heavy atom. The molecule has 1 aliphatic heterocycles. The van der Waals surface area contributed by atoms with Crippen LogP contribution < -0.4 is 4.72 Å². The van der Waals surface area contributed by atoms with Crippen molar-refractivity contribution in [3.05, 3.63) is 17.5 Å². The van der Waals surface area contributed by atoms with Crippen LogP contribution in [0.4, 0.5) is 4.79 Å². The van der Waals surface area contributed by atoms with Gasteiger partial charge in [0.1, 0.15) is 10.8 Å². The lowest BCUT2D eigenvalue weighted by Gasteiger charge is -2.12. The topological polar surface area (TPSA) is 75.7 Å². The van der Waals surface area contributed by atoms with Gasteiger partial charge in [-0.15, -0.1) is 11.3 Å². The third-order valence-corrected chi connectivity index (χ3v) is 5.36. The largest absolute Gasteiger partial charge is 0.448 e. The van der Waals surface area contributed by atoms with Gasteiger partial charge in [-0.3, -0.25) is 0 Å². The summed E-state index contributed by atoms with van der Waals surface area (Å²) in [5, 5.41) is 1.72. The van der Waals surface area contributed by atoms with Crippen LogP contribution in [0, 0.1) is 0 Å². The van der Waals surface area contributed by atoms with Crippen LogP contribution in [0.5, 0.6) is 0 Å². The van der Waals surface area contributed by atoms with E-state index < -0.39 is 10.0 Å². The number of thiophene rings is 1. The van der Waals surface area contributed by atoms with Crippen LogP contribution in [0.1, 0.15) is 6.42 Å². The lowest BCUT2D eigenvalue weighted by Crippen LogP contribution is -2.30. The van der Waals surface area contributed by atoms with E-state index in [0.717, 1.165) is 0 Å². The minimum Gasteiger partial charge on any atom is -0.448 e. The molecule has 0 radical (unpaired) electrons. The summed E-state index contributed by atoms with van der Waals surface area (Å²) in [5.41, 5.74) is 0. The van der Waals surface area contributed by atoms with E-state index in [2.05, 4.69) is 4.72 Å². The molecule has 0 atom stereocenters. The van der Waals surface area contributed by atoms with Gasteiger partial charge < -0.3 is 9.64 Å². The first-order chi connectivity index (χ1) is 8.59. The van der Waals surface area contributed by atoms with Crippen molar-refractivity contribution in [1.82, 2.24) is 9.62 Å². The van der Waals surface area contributed by atoms with E-state index in [-0.39, 0.29) is 6.09 Å². The van der Waals surface area contributed by atoms with Gasteiger partial charge in [-0.1, -0.05) is 6.07 Å². The van der Waals surface area contributed by atoms with Gasteiger partial charge in [-0.2, -0.15) is 0 Å². The molecule has 100 valence electrons. The molecule has 0 saturated carbocycles. The number of hydrogen-bond donors (Lipinski definition) is 1. The number of carbonyl (C=O) groups excluding carboxylic acids is 1. The quantitative estimate of drug-likeness (QED) is 0.789. The highest BCUT2D eigenvalue weighted by Crippen LogP contribution is 2.15. The zero-order valence-electron chi connectivity index (χ0n) is 9.66. The molecule has 1 aromatic rings. The summed E-state index contributed by atoms with van der Waals surface area (Å²) in [7, 11) is -3.39. The Morgan fingerprint density at radius 3 is 2.94 bits per heavy atom. The lowest BCUT2D eigenvalue weighted by atomic mass is 10.4. The Labute approximate surface area is 110 Å². The molecule has 2 rings (SSSR count). The van der Waals surface area contributed by atoms with Crippen molar-refractivity contribution in [1.29, 1.82) is 0 Å². The van der Waals surface area contributed by atoms with Crippen LogP contribution >= 0.6 is 11.3 Å². The van der Waals surface area contributed by atoms with Crippen molar-refractivity contribution in [2.24, 2.45) is 0 Å². The SMILES string of the molecule is O=C1OCCN1CCCNS(=O)(=O)c1cccs1. The van der Waals surface area contributed by atoms with Crippen molar-refractivity contribution in [2.45, 2.75) is 10.6 Å². The second kappa shape index (κ2) is 5.68. The molecular weight excluding hydrogens is 276 g/mol. The first kappa shape index (κ1) is 13.3. The molecule has 1 aliphatic rings. The van der Waals surface area contributed by atoms with E-state index in [1.807, 2.05) is 0 Å². The molecule has 1 saturated heterocycles. The number of cyclic esters (lactones) is 1. The number of hydrogen-bond acceptors (Lipinski definition) is 5. The van der Waals surface area contributed by atoms with Gasteiger partial charge in [-0.25, -0.2) is 17.9 Å². The van der Waals surface area contributed by atoms with Crippen molar-refractivity contribution in [3.8, 4) is 0 Å². The molecule has 0 unspecified atom stereocenters. The summed E-state index contributed by atoms with van der Waals surface area (Å²) >= 11 is 1.18. The maximum Gasteiger partial charge on any atom is 0.409 e. The van der Waals surface area contributed by atoms with Crippen molar-refractivity contribution in [2.75, 3.05) is 26.2 Å². The predicted molar refractivity (Wildman–Crippen MR) is 67.0 cm³/mol. The van der Waals surface area contributed by atoms with Gasteiger partial charge in [-0.05, 0) is 17.9 Å². The van der Waals surface area contributed by atoms with E-state index in [4.69, 9.17) is 4.74 Å². The third kappa shape index (κ3) is 3.21. The highest BCUT2D eigenvalue weighted by molar-refractivity contribution is 7.91. The maximum absolute atomic E-state index is 11.7. The molecule has 0 aromatic carbocycles. The molecule has 1 fully saturated rings. The number of nitrogens with zero attached hydrogens (tertiary/aromatic N) is 1. The fourth-order valence-electron chi connectivity index (χ4n) is 1.59. The predicted octanol–water partition coefficient (Wildman–Crippen LogP) is 0.869. The number of sulfonamides is 1. The fourth-order valence-corrected chi connectivity index (χ4v) is 3.70. The number of ether oxygens (including phenoxy) is 1. The number of carbonyl (C=O) groups is 1. The summed E-state index contributed by atoms with van der Waals surface area (Å²) in [6.45, 7) is 1.81. The molecule has 6 nitrogen and oxygen atoms in total. The Kier molecular flexibility index (Phi) is 4.20. The molecule has 1 N–H and O–H groups in total. The normalized spacial score (nSPS) is 16.0. The number of rotatable bonds is 6. The molecule has 0 aliphatic carbocycles. The zero-order valence-corrected chi connectivity index (χ0v) is 11.3. The molecule has 1 aromatic heterocycles. The van der Waals surface area contributed by atoms with Gasteiger partial charge in [0.15, 0.2) is 0 Å². The van der Waals surface area contributed by atoms with Crippen LogP contribution in [0.25, 0.3) is 0 Å².